The number of nitrogens with two attached hydrogens (primary N) is 1. The van der Waals surface area contributed by atoms with E-state index in [1.54, 1.807) is 6.07 Å². The fourth-order valence-electron chi connectivity index (χ4n) is 2.18. The lowest BCUT2D eigenvalue weighted by atomic mass is 10.2. The minimum Gasteiger partial charge on any atom is -0.329 e. The molecule has 6 heteroatoms. The summed E-state index contributed by atoms with van der Waals surface area (Å²) in [6.45, 7) is 0. The summed E-state index contributed by atoms with van der Waals surface area (Å²) in [5.74, 6) is 5.95. The van der Waals surface area contributed by atoms with Crippen LogP contribution in [0.25, 0.3) is 10.9 Å². The smallest absolute Gasteiger partial charge is 0.239 e. The lowest BCUT2D eigenvalue weighted by Gasteiger charge is -2.20. The molecule has 0 aliphatic heterocycles. The van der Waals surface area contributed by atoms with Gasteiger partial charge in [0.05, 0.1) is 5.52 Å². The van der Waals surface area contributed by atoms with Crippen molar-refractivity contribution in [3.05, 3.63) is 54.3 Å². The van der Waals surface area contributed by atoms with Gasteiger partial charge in [-0.3, -0.25) is 5.43 Å². The zero-order valence-electron chi connectivity index (χ0n) is 11.4. The van der Waals surface area contributed by atoms with Crippen LogP contribution in [0.2, 0.25) is 0 Å². The average Bonchev–Trinajstić information content (AvgIpc) is 2.54. The molecule has 1 aromatic heterocycles. The summed E-state index contributed by atoms with van der Waals surface area (Å²) >= 11 is 0. The van der Waals surface area contributed by atoms with Crippen LogP contribution >= 0.6 is 0 Å². The van der Waals surface area contributed by atoms with E-state index in [1.165, 1.54) is 12.1 Å². The zero-order valence-corrected chi connectivity index (χ0v) is 11.4. The Labute approximate surface area is 121 Å². The molecule has 2 aromatic carbocycles. The molecule has 0 amide bonds. The van der Waals surface area contributed by atoms with E-state index in [-0.39, 0.29) is 11.8 Å². The maximum atomic E-state index is 13.6. The molecule has 0 bridgehead atoms. The topological polar surface area (TPSA) is 67.1 Å². The van der Waals surface area contributed by atoms with Crippen molar-refractivity contribution in [3.63, 3.8) is 0 Å². The first-order chi connectivity index (χ1) is 10.2. The van der Waals surface area contributed by atoms with Gasteiger partial charge in [-0.1, -0.05) is 18.2 Å². The fraction of sp³-hybridized carbons (Fsp3) is 0.0667. The largest absolute Gasteiger partial charge is 0.329 e. The molecule has 0 fully saturated rings. The van der Waals surface area contributed by atoms with Crippen LogP contribution < -0.4 is 16.2 Å². The van der Waals surface area contributed by atoms with Crippen molar-refractivity contribution in [2.24, 2.45) is 5.84 Å². The third kappa shape index (κ3) is 2.48. The number of nitrogens with one attached hydrogen (secondary N) is 1. The van der Waals surface area contributed by atoms with E-state index >= 15 is 0 Å². The number of halogens is 1. The number of rotatable bonds is 3. The Morgan fingerprint density at radius 3 is 2.57 bits per heavy atom. The molecule has 0 saturated heterocycles. The van der Waals surface area contributed by atoms with Gasteiger partial charge in [0.15, 0.2) is 0 Å². The summed E-state index contributed by atoms with van der Waals surface area (Å²) in [5, 5.41) is 0.625. The number of hydrogen-bond donors (Lipinski definition) is 2. The number of anilines is 3. The summed E-state index contributed by atoms with van der Waals surface area (Å²) in [6.07, 6.45) is 0. The normalized spacial score (nSPS) is 10.6. The number of para-hydroxylation sites is 1. The number of hydrazine groups is 1. The van der Waals surface area contributed by atoms with Crippen molar-refractivity contribution in [2.45, 2.75) is 0 Å². The third-order valence-corrected chi connectivity index (χ3v) is 3.23. The number of fused-ring (bicyclic) bond motifs is 1. The van der Waals surface area contributed by atoms with E-state index in [0.717, 1.165) is 5.69 Å². The summed E-state index contributed by atoms with van der Waals surface area (Å²) in [6, 6.07) is 14.1. The van der Waals surface area contributed by atoms with Gasteiger partial charge in [-0.15, -0.1) is 0 Å². The molecule has 0 atom stereocenters. The molecule has 106 valence electrons. The monoisotopic (exact) mass is 283 g/mol. The summed E-state index contributed by atoms with van der Waals surface area (Å²) in [4.78, 5) is 10.4. The van der Waals surface area contributed by atoms with Crippen molar-refractivity contribution < 1.29 is 4.39 Å². The lowest BCUT2D eigenvalue weighted by molar-refractivity contribution is 0.629. The Morgan fingerprint density at radius 2 is 1.86 bits per heavy atom. The van der Waals surface area contributed by atoms with Gasteiger partial charge in [0.1, 0.15) is 11.6 Å². The molecular formula is C15H14FN5. The lowest BCUT2D eigenvalue weighted by Crippen LogP contribution is -2.16. The van der Waals surface area contributed by atoms with Gasteiger partial charge in [0.25, 0.3) is 0 Å². The first kappa shape index (κ1) is 13.3. The number of benzene rings is 2. The maximum Gasteiger partial charge on any atom is 0.239 e. The van der Waals surface area contributed by atoms with Gasteiger partial charge in [-0.2, -0.15) is 4.98 Å². The Bertz CT molecular complexity index is 776. The SMILES string of the molecule is CN(c1ccccc1)c1nc(NN)nc2ccc(F)cc12. The standard InChI is InChI=1S/C15H14FN5/c1-21(11-5-3-2-4-6-11)14-12-9-10(16)7-8-13(12)18-15(19-14)20-17/h2-9H,17H2,1H3,(H,18,19,20). The van der Waals surface area contributed by atoms with E-state index in [4.69, 9.17) is 5.84 Å². The van der Waals surface area contributed by atoms with Gasteiger partial charge >= 0.3 is 0 Å². The molecule has 0 aliphatic rings. The summed E-state index contributed by atoms with van der Waals surface area (Å²) in [7, 11) is 1.86. The van der Waals surface area contributed by atoms with Gasteiger partial charge in [-0.25, -0.2) is 15.2 Å². The first-order valence-electron chi connectivity index (χ1n) is 6.42. The molecule has 0 radical (unpaired) electrons. The molecule has 1 heterocycles. The summed E-state index contributed by atoms with van der Waals surface area (Å²) < 4.78 is 13.6. The van der Waals surface area contributed by atoms with Crippen molar-refractivity contribution >= 4 is 28.4 Å². The Kier molecular flexibility index (Phi) is 3.37. The first-order valence-corrected chi connectivity index (χ1v) is 6.42. The predicted octanol–water partition coefficient (Wildman–Crippen LogP) is 2.82. The average molecular weight is 283 g/mol. The van der Waals surface area contributed by atoms with E-state index in [9.17, 15) is 4.39 Å². The van der Waals surface area contributed by atoms with Gasteiger partial charge in [0.2, 0.25) is 5.95 Å². The molecule has 3 rings (SSSR count). The molecule has 0 spiro atoms. The number of nitrogen functional groups attached to an aromatic ring is 1. The molecular weight excluding hydrogens is 269 g/mol. The molecule has 0 aliphatic carbocycles. The van der Waals surface area contributed by atoms with Crippen LogP contribution in [0.15, 0.2) is 48.5 Å². The predicted molar refractivity (Wildman–Crippen MR) is 81.8 cm³/mol. The van der Waals surface area contributed by atoms with E-state index in [0.29, 0.717) is 16.7 Å². The molecule has 5 nitrogen and oxygen atoms in total. The van der Waals surface area contributed by atoms with Crippen LogP contribution in [0.4, 0.5) is 21.8 Å². The highest BCUT2D eigenvalue weighted by Gasteiger charge is 2.13. The van der Waals surface area contributed by atoms with E-state index in [1.807, 2.05) is 42.3 Å². The molecule has 3 N–H and O–H groups in total. The minimum absolute atomic E-state index is 0.284. The van der Waals surface area contributed by atoms with E-state index < -0.39 is 0 Å². The fourth-order valence-corrected chi connectivity index (χ4v) is 2.18. The highest BCUT2D eigenvalue weighted by molar-refractivity contribution is 5.92. The van der Waals surface area contributed by atoms with Crippen LogP contribution in [0.1, 0.15) is 0 Å². The number of nitrogens with zero attached hydrogens (tertiary/aromatic N) is 3. The highest BCUT2D eigenvalue weighted by atomic mass is 19.1. The van der Waals surface area contributed by atoms with Crippen LogP contribution in [0.3, 0.4) is 0 Å². The summed E-state index contributed by atoms with van der Waals surface area (Å²) in [5.41, 5.74) is 4.00. The third-order valence-electron chi connectivity index (χ3n) is 3.23. The quantitative estimate of drug-likeness (QED) is 0.571. The van der Waals surface area contributed by atoms with Gasteiger partial charge < -0.3 is 4.90 Å². The van der Waals surface area contributed by atoms with E-state index in [2.05, 4.69) is 15.4 Å². The number of hydrogen-bond acceptors (Lipinski definition) is 5. The minimum atomic E-state index is -0.331. The second-order valence-electron chi connectivity index (χ2n) is 4.57. The second kappa shape index (κ2) is 5.34. The maximum absolute atomic E-state index is 13.6. The van der Waals surface area contributed by atoms with Crippen LogP contribution in [0, 0.1) is 5.82 Å². The Balaban J connectivity index is 2.22. The van der Waals surface area contributed by atoms with Crippen molar-refractivity contribution in [1.29, 1.82) is 0 Å². The van der Waals surface area contributed by atoms with Crippen molar-refractivity contribution in [1.82, 2.24) is 9.97 Å². The van der Waals surface area contributed by atoms with Crippen LogP contribution in [-0.4, -0.2) is 17.0 Å². The zero-order chi connectivity index (χ0) is 14.8. The van der Waals surface area contributed by atoms with Gasteiger partial charge in [0, 0.05) is 18.1 Å². The molecule has 3 aromatic rings. The van der Waals surface area contributed by atoms with Crippen molar-refractivity contribution in [3.8, 4) is 0 Å². The number of aromatic nitrogens is 2. The van der Waals surface area contributed by atoms with Gasteiger partial charge in [-0.05, 0) is 30.3 Å². The Morgan fingerprint density at radius 1 is 1.10 bits per heavy atom. The van der Waals surface area contributed by atoms with Crippen LogP contribution in [-0.2, 0) is 0 Å². The van der Waals surface area contributed by atoms with Crippen LogP contribution in [0.5, 0.6) is 0 Å². The molecule has 0 saturated carbocycles. The molecule has 21 heavy (non-hydrogen) atoms. The van der Waals surface area contributed by atoms with Crippen molar-refractivity contribution in [2.75, 3.05) is 17.4 Å². The highest BCUT2D eigenvalue weighted by Crippen LogP contribution is 2.29. The Hall–Kier alpha value is -2.73. The second-order valence-corrected chi connectivity index (χ2v) is 4.57. The molecule has 0 unspecified atom stereocenters.